The predicted octanol–water partition coefficient (Wildman–Crippen LogP) is 5.57. The molecule has 0 aliphatic heterocycles. The third-order valence-corrected chi connectivity index (χ3v) is 7.47. The first-order valence-electron chi connectivity index (χ1n) is 12.8. The van der Waals surface area contributed by atoms with Gasteiger partial charge in [0.05, 0.1) is 12.6 Å². The lowest BCUT2D eigenvalue weighted by Gasteiger charge is -2.31. The molecule has 1 atom stereocenters. The van der Waals surface area contributed by atoms with Gasteiger partial charge in [-0.05, 0) is 36.8 Å². The number of pyridine rings is 1. The number of halogens is 2. The molecule has 11 nitrogen and oxygen atoms in total. The molecule has 2 amide bonds. The summed E-state index contributed by atoms with van der Waals surface area (Å²) in [4.78, 5) is 29.4. The number of nitrogens with zero attached hydrogens (tertiary/aromatic N) is 2. The molecule has 2 aromatic carbocycles. The Hall–Kier alpha value is -3.48. The summed E-state index contributed by atoms with van der Waals surface area (Å²) in [5.74, 6) is -2.20. The lowest BCUT2D eigenvalue weighted by Crippen LogP contribution is -2.50. The fraction of sp³-hybridized carbons (Fsp3) is 0.370. The predicted molar refractivity (Wildman–Crippen MR) is 148 cm³/mol. The zero-order chi connectivity index (χ0) is 29.8. The van der Waals surface area contributed by atoms with E-state index < -0.39 is 37.5 Å². The van der Waals surface area contributed by atoms with E-state index >= 15 is 0 Å². The number of benzene rings is 2. The molecular formula is C27H33F2N4O7P. The van der Waals surface area contributed by atoms with Gasteiger partial charge in [-0.3, -0.25) is 28.7 Å². The van der Waals surface area contributed by atoms with Gasteiger partial charge >= 0.3 is 13.9 Å². The van der Waals surface area contributed by atoms with Gasteiger partial charge in [-0.1, -0.05) is 36.4 Å². The number of amides is 2. The highest BCUT2D eigenvalue weighted by molar-refractivity contribution is 7.48. The Kier molecular flexibility index (Phi) is 12.1. The van der Waals surface area contributed by atoms with E-state index in [0.717, 1.165) is 16.8 Å². The number of unbranched alkanes of at least 4 members (excludes halogenated alkanes) is 1. The van der Waals surface area contributed by atoms with Gasteiger partial charge in [0.25, 0.3) is 0 Å². The van der Waals surface area contributed by atoms with E-state index in [2.05, 4.69) is 15.7 Å². The highest BCUT2D eigenvalue weighted by Gasteiger charge is 2.25. The van der Waals surface area contributed by atoms with Crippen molar-refractivity contribution in [1.82, 2.24) is 15.4 Å². The van der Waals surface area contributed by atoms with Crippen molar-refractivity contribution >= 4 is 36.4 Å². The smallest absolute Gasteiger partial charge is 0.447 e. The largest absolute Gasteiger partial charge is 0.474 e. The molecule has 222 valence electrons. The van der Waals surface area contributed by atoms with Crippen molar-refractivity contribution in [3.05, 3.63) is 71.9 Å². The maximum Gasteiger partial charge on any atom is 0.474 e. The molecule has 0 aliphatic carbocycles. The number of hydrazine groups is 1. The van der Waals surface area contributed by atoms with Crippen molar-refractivity contribution in [2.45, 2.75) is 38.8 Å². The number of phosphoric ester groups is 1. The standard InChI is InChI=1S/C27H33F2N4O7P/c1-19(34)33(31-17-22-11-8-13-24(28)26(22)29)23(12-6-7-14-40-41(36,37-2)38-3)18-39-27(35)32-25-15-20-9-4-5-10-21(20)16-30-25/h4-5,8-11,13,15-16,23,31H,6-7,12,14,17-18H2,1-3H3,(H,30,32,35). The van der Waals surface area contributed by atoms with E-state index in [4.69, 9.17) is 18.3 Å². The molecule has 3 rings (SSSR count). The topological polar surface area (TPSA) is 128 Å². The highest BCUT2D eigenvalue weighted by atomic mass is 31.2. The van der Waals surface area contributed by atoms with Crippen LogP contribution in [0.15, 0.2) is 54.7 Å². The Labute approximate surface area is 236 Å². The zero-order valence-corrected chi connectivity index (χ0v) is 23.9. The Morgan fingerprint density at radius 2 is 1.78 bits per heavy atom. The number of aromatic nitrogens is 1. The third-order valence-electron chi connectivity index (χ3n) is 6.07. The first-order valence-corrected chi connectivity index (χ1v) is 14.2. The van der Waals surface area contributed by atoms with Crippen LogP contribution in [0.3, 0.4) is 0 Å². The molecule has 0 spiro atoms. The van der Waals surface area contributed by atoms with Gasteiger partial charge in [-0.25, -0.2) is 28.6 Å². The molecular weight excluding hydrogens is 561 g/mol. The molecule has 0 aliphatic rings. The minimum Gasteiger partial charge on any atom is -0.447 e. The maximum atomic E-state index is 14.2. The third kappa shape index (κ3) is 9.55. The summed E-state index contributed by atoms with van der Waals surface area (Å²) in [6.07, 6.45) is 2.00. The summed E-state index contributed by atoms with van der Waals surface area (Å²) in [5, 5.41) is 5.56. The van der Waals surface area contributed by atoms with E-state index in [-0.39, 0.29) is 31.1 Å². The number of ether oxygens (including phenoxy) is 1. The van der Waals surface area contributed by atoms with Crippen LogP contribution < -0.4 is 10.7 Å². The maximum absolute atomic E-state index is 14.2. The molecule has 0 bridgehead atoms. The molecule has 14 heteroatoms. The Morgan fingerprint density at radius 3 is 2.49 bits per heavy atom. The minimum absolute atomic E-state index is 0.0133. The molecule has 1 heterocycles. The Morgan fingerprint density at radius 1 is 1.05 bits per heavy atom. The average molecular weight is 595 g/mol. The van der Waals surface area contributed by atoms with Gasteiger partial charge in [0.15, 0.2) is 11.6 Å². The van der Waals surface area contributed by atoms with Crippen molar-refractivity contribution in [2.24, 2.45) is 0 Å². The van der Waals surface area contributed by atoms with E-state index in [9.17, 15) is 22.9 Å². The summed E-state index contributed by atoms with van der Waals surface area (Å²) >= 11 is 0. The van der Waals surface area contributed by atoms with Crippen LogP contribution in [-0.4, -0.2) is 55.5 Å². The number of carbonyl (C=O) groups is 2. The Balaban J connectivity index is 1.65. The molecule has 0 fully saturated rings. The van der Waals surface area contributed by atoms with Crippen LogP contribution >= 0.6 is 7.82 Å². The number of carbonyl (C=O) groups excluding carboxylic acids is 2. The fourth-order valence-electron chi connectivity index (χ4n) is 3.94. The quantitative estimate of drug-likeness (QED) is 0.132. The van der Waals surface area contributed by atoms with Crippen LogP contribution in [-0.2, 0) is 34.2 Å². The van der Waals surface area contributed by atoms with Gasteiger partial charge in [0, 0.05) is 44.8 Å². The summed E-state index contributed by atoms with van der Waals surface area (Å²) in [6, 6.07) is 12.3. The summed E-state index contributed by atoms with van der Waals surface area (Å²) < 4.78 is 60.0. The number of hydrogen-bond donors (Lipinski definition) is 2. The van der Waals surface area contributed by atoms with E-state index in [1.165, 1.54) is 38.3 Å². The highest BCUT2D eigenvalue weighted by Crippen LogP contribution is 2.47. The normalized spacial score (nSPS) is 12.2. The first kappa shape index (κ1) is 32.0. The monoisotopic (exact) mass is 594 g/mol. The van der Waals surface area contributed by atoms with Gasteiger partial charge in [0.1, 0.15) is 12.4 Å². The van der Waals surface area contributed by atoms with Crippen molar-refractivity contribution in [3.63, 3.8) is 0 Å². The number of phosphoric acid groups is 1. The van der Waals surface area contributed by atoms with E-state index in [0.29, 0.717) is 19.3 Å². The Bertz CT molecular complexity index is 1370. The zero-order valence-electron chi connectivity index (χ0n) is 23.0. The molecule has 3 aromatic rings. The second-order valence-electron chi connectivity index (χ2n) is 8.87. The van der Waals surface area contributed by atoms with E-state index in [1.807, 2.05) is 24.3 Å². The lowest BCUT2D eigenvalue weighted by molar-refractivity contribution is -0.136. The van der Waals surface area contributed by atoms with Gasteiger partial charge in [0.2, 0.25) is 5.91 Å². The van der Waals surface area contributed by atoms with Crippen molar-refractivity contribution in [3.8, 4) is 0 Å². The first-order chi connectivity index (χ1) is 19.7. The van der Waals surface area contributed by atoms with Gasteiger partial charge in [-0.2, -0.15) is 0 Å². The van der Waals surface area contributed by atoms with Crippen LogP contribution in [0.5, 0.6) is 0 Å². The number of hydrogen-bond acceptors (Lipinski definition) is 9. The number of fused-ring (bicyclic) bond motifs is 1. The molecule has 41 heavy (non-hydrogen) atoms. The summed E-state index contributed by atoms with van der Waals surface area (Å²) in [7, 11) is -1.23. The van der Waals surface area contributed by atoms with Crippen LogP contribution in [0.2, 0.25) is 0 Å². The second kappa shape index (κ2) is 15.5. The molecule has 0 saturated carbocycles. The SMILES string of the molecule is COP(=O)(OC)OCCCCC(COC(=O)Nc1cc2ccccc2cn1)N(NCc1cccc(F)c1F)C(C)=O. The van der Waals surface area contributed by atoms with Crippen molar-refractivity contribution in [2.75, 3.05) is 32.8 Å². The fourth-order valence-corrected chi connectivity index (χ4v) is 4.66. The molecule has 2 N–H and O–H groups in total. The summed E-state index contributed by atoms with van der Waals surface area (Å²) in [5.41, 5.74) is 2.83. The van der Waals surface area contributed by atoms with Crippen LogP contribution in [0.4, 0.5) is 19.4 Å². The number of nitrogens with one attached hydrogen (secondary N) is 2. The minimum atomic E-state index is -3.63. The van der Waals surface area contributed by atoms with Crippen molar-refractivity contribution in [1.29, 1.82) is 0 Å². The van der Waals surface area contributed by atoms with E-state index in [1.54, 1.807) is 12.3 Å². The number of rotatable bonds is 15. The van der Waals surface area contributed by atoms with Gasteiger partial charge in [-0.15, -0.1) is 0 Å². The van der Waals surface area contributed by atoms with Crippen LogP contribution in [0, 0.1) is 11.6 Å². The van der Waals surface area contributed by atoms with Gasteiger partial charge < -0.3 is 4.74 Å². The van der Waals surface area contributed by atoms with Crippen LogP contribution in [0.25, 0.3) is 10.8 Å². The van der Waals surface area contributed by atoms with Crippen molar-refractivity contribution < 1.29 is 41.2 Å². The number of anilines is 1. The lowest BCUT2D eigenvalue weighted by atomic mass is 10.1. The second-order valence-corrected chi connectivity index (χ2v) is 10.8. The molecule has 0 radical (unpaired) electrons. The average Bonchev–Trinajstić information content (AvgIpc) is 2.97. The van der Waals surface area contributed by atoms with Crippen LogP contribution in [0.1, 0.15) is 31.7 Å². The molecule has 0 saturated heterocycles. The summed E-state index contributed by atoms with van der Waals surface area (Å²) in [6.45, 7) is 0.911. The molecule has 1 aromatic heterocycles. The molecule has 1 unspecified atom stereocenters.